The van der Waals surface area contributed by atoms with Gasteiger partial charge in [0.05, 0.1) is 16.8 Å². The van der Waals surface area contributed by atoms with E-state index in [0.717, 1.165) is 31.7 Å². The van der Waals surface area contributed by atoms with E-state index in [1.807, 2.05) is 12.1 Å². The molecule has 5 nitrogen and oxygen atoms in total. The number of anilines is 2. The molecule has 1 aliphatic heterocycles. The molecule has 0 saturated carbocycles. The Labute approximate surface area is 203 Å². The van der Waals surface area contributed by atoms with Crippen LogP contribution >= 0.6 is 0 Å². The molecule has 0 spiro atoms. The summed E-state index contributed by atoms with van der Waals surface area (Å²) < 4.78 is 78.4. The largest absolute Gasteiger partial charge is 0.416 e. The van der Waals surface area contributed by atoms with E-state index in [2.05, 4.69) is 27.3 Å². The van der Waals surface area contributed by atoms with Gasteiger partial charge in [-0.3, -0.25) is 4.79 Å². The molecule has 11 heteroatoms. The second kappa shape index (κ2) is 9.79. The van der Waals surface area contributed by atoms with E-state index >= 15 is 0 Å². The Hall–Kier alpha value is -3.63. The maximum Gasteiger partial charge on any atom is 0.416 e. The van der Waals surface area contributed by atoms with Gasteiger partial charge in [0.2, 0.25) is 0 Å². The summed E-state index contributed by atoms with van der Waals surface area (Å²) in [4.78, 5) is 14.6. The summed E-state index contributed by atoms with van der Waals surface area (Å²) in [7, 11) is 0. The van der Waals surface area contributed by atoms with Gasteiger partial charge in [0.25, 0.3) is 5.91 Å². The van der Waals surface area contributed by atoms with Crippen molar-refractivity contribution in [2.45, 2.75) is 32.1 Å². The number of aromatic nitrogens is 2. The number of rotatable bonds is 4. The molecule has 3 aromatic rings. The molecule has 1 fully saturated rings. The van der Waals surface area contributed by atoms with Gasteiger partial charge in [-0.2, -0.15) is 26.3 Å². The van der Waals surface area contributed by atoms with Gasteiger partial charge in [-0.25, -0.2) is 0 Å². The second-order valence-electron chi connectivity index (χ2n) is 8.77. The van der Waals surface area contributed by atoms with Gasteiger partial charge in [-0.1, -0.05) is 19.1 Å². The Morgan fingerprint density at radius 1 is 0.861 bits per heavy atom. The topological polar surface area (TPSA) is 58.1 Å². The molecule has 1 aliphatic rings. The molecular weight excluding hydrogens is 486 g/mol. The lowest BCUT2D eigenvalue weighted by atomic mass is 9.99. The quantitative estimate of drug-likeness (QED) is 0.400. The van der Waals surface area contributed by atoms with Crippen molar-refractivity contribution in [3.05, 3.63) is 71.3 Å². The van der Waals surface area contributed by atoms with Crippen molar-refractivity contribution in [2.24, 2.45) is 5.92 Å². The number of amides is 1. The zero-order chi connectivity index (χ0) is 26.1. The standard InChI is InChI=1S/C25H22F6N4O/c1-15-8-10-35(11-9-15)22-7-6-21(33-34-22)16-2-4-20(5-3-16)32-23(36)17-12-18(24(26,27)28)14-19(13-17)25(29,30)31/h2-7,12-15H,8-11H2,1H3,(H,32,36). The normalized spacial score (nSPS) is 15.1. The number of nitrogens with zero attached hydrogens (tertiary/aromatic N) is 3. The number of benzene rings is 2. The molecule has 4 rings (SSSR count). The Kier molecular flexibility index (Phi) is 6.92. The van der Waals surface area contributed by atoms with Gasteiger partial charge in [0.1, 0.15) is 0 Å². The minimum Gasteiger partial charge on any atom is -0.355 e. The number of nitrogens with one attached hydrogen (secondary N) is 1. The molecule has 0 bridgehead atoms. The Bertz CT molecular complexity index is 1180. The average molecular weight is 508 g/mol. The van der Waals surface area contributed by atoms with E-state index in [4.69, 9.17) is 0 Å². The first kappa shape index (κ1) is 25.5. The van der Waals surface area contributed by atoms with Crippen LogP contribution in [-0.2, 0) is 12.4 Å². The number of hydrogen-bond donors (Lipinski definition) is 1. The highest BCUT2D eigenvalue weighted by atomic mass is 19.4. The van der Waals surface area contributed by atoms with Crippen molar-refractivity contribution < 1.29 is 31.1 Å². The van der Waals surface area contributed by atoms with Crippen LogP contribution in [0.4, 0.5) is 37.8 Å². The highest BCUT2D eigenvalue weighted by Crippen LogP contribution is 2.36. The van der Waals surface area contributed by atoms with Crippen LogP contribution in [0.5, 0.6) is 0 Å². The minimum absolute atomic E-state index is 0.0241. The number of carbonyl (C=O) groups excluding carboxylic acids is 1. The first-order valence-electron chi connectivity index (χ1n) is 11.2. The van der Waals surface area contributed by atoms with E-state index in [0.29, 0.717) is 29.3 Å². The minimum atomic E-state index is -5.04. The van der Waals surface area contributed by atoms with Crippen LogP contribution < -0.4 is 10.2 Å². The summed E-state index contributed by atoms with van der Waals surface area (Å²) in [6.45, 7) is 4.05. The molecule has 1 saturated heterocycles. The van der Waals surface area contributed by atoms with Crippen LogP contribution in [0.1, 0.15) is 41.3 Å². The van der Waals surface area contributed by atoms with E-state index in [1.165, 1.54) is 12.1 Å². The molecule has 1 aromatic heterocycles. The third kappa shape index (κ3) is 5.95. The molecule has 1 N–H and O–H groups in total. The maximum atomic E-state index is 13.1. The van der Waals surface area contributed by atoms with Gasteiger partial charge in [-0.05, 0) is 61.2 Å². The molecule has 0 radical (unpaired) electrons. The summed E-state index contributed by atoms with van der Waals surface area (Å²) in [5, 5.41) is 10.9. The van der Waals surface area contributed by atoms with Crippen LogP contribution in [0, 0.1) is 5.92 Å². The van der Waals surface area contributed by atoms with Crippen molar-refractivity contribution in [3.63, 3.8) is 0 Å². The van der Waals surface area contributed by atoms with Gasteiger partial charge in [0.15, 0.2) is 5.82 Å². The molecule has 2 heterocycles. The Morgan fingerprint density at radius 2 is 1.44 bits per heavy atom. The van der Waals surface area contributed by atoms with Gasteiger partial charge < -0.3 is 10.2 Å². The summed E-state index contributed by atoms with van der Waals surface area (Å²) in [6.07, 6.45) is -7.90. The molecule has 1 amide bonds. The Morgan fingerprint density at radius 3 is 1.94 bits per heavy atom. The van der Waals surface area contributed by atoms with Gasteiger partial charge >= 0.3 is 12.4 Å². The van der Waals surface area contributed by atoms with Crippen molar-refractivity contribution in [1.82, 2.24) is 10.2 Å². The zero-order valence-corrected chi connectivity index (χ0v) is 19.1. The number of carbonyl (C=O) groups is 1. The molecular formula is C25H22F6N4O. The number of hydrogen-bond acceptors (Lipinski definition) is 4. The maximum absolute atomic E-state index is 13.1. The SMILES string of the molecule is CC1CCN(c2ccc(-c3ccc(NC(=O)c4cc(C(F)(F)F)cc(C(F)(F)F)c4)cc3)nn2)CC1. The van der Waals surface area contributed by atoms with Gasteiger partial charge in [-0.15, -0.1) is 10.2 Å². The van der Waals surface area contributed by atoms with Crippen molar-refractivity contribution in [3.8, 4) is 11.3 Å². The molecule has 2 aromatic carbocycles. The number of alkyl halides is 6. The van der Waals surface area contributed by atoms with Crippen molar-refractivity contribution >= 4 is 17.4 Å². The fourth-order valence-corrected chi connectivity index (χ4v) is 3.90. The molecule has 36 heavy (non-hydrogen) atoms. The van der Waals surface area contributed by atoms with Crippen LogP contribution in [0.15, 0.2) is 54.6 Å². The van der Waals surface area contributed by atoms with Crippen LogP contribution in [0.3, 0.4) is 0 Å². The predicted octanol–water partition coefficient (Wildman–Crippen LogP) is 6.67. The highest BCUT2D eigenvalue weighted by molar-refractivity contribution is 6.04. The van der Waals surface area contributed by atoms with Crippen LogP contribution in [0.25, 0.3) is 11.3 Å². The summed E-state index contributed by atoms with van der Waals surface area (Å²) >= 11 is 0. The monoisotopic (exact) mass is 508 g/mol. The fraction of sp³-hybridized carbons (Fsp3) is 0.320. The third-order valence-electron chi connectivity index (χ3n) is 6.05. The summed E-state index contributed by atoms with van der Waals surface area (Å²) in [6, 6.07) is 10.6. The second-order valence-corrected chi connectivity index (χ2v) is 8.77. The lowest BCUT2D eigenvalue weighted by Crippen LogP contribution is -2.33. The lowest BCUT2D eigenvalue weighted by molar-refractivity contribution is -0.143. The summed E-state index contributed by atoms with van der Waals surface area (Å²) in [5.41, 5.74) is -2.42. The first-order chi connectivity index (χ1) is 16.9. The van der Waals surface area contributed by atoms with Crippen molar-refractivity contribution in [1.29, 1.82) is 0 Å². The lowest BCUT2D eigenvalue weighted by Gasteiger charge is -2.30. The molecule has 0 unspecified atom stereocenters. The van der Waals surface area contributed by atoms with Crippen LogP contribution in [-0.4, -0.2) is 29.2 Å². The van der Waals surface area contributed by atoms with E-state index in [-0.39, 0.29) is 11.8 Å². The smallest absolute Gasteiger partial charge is 0.355 e. The van der Waals surface area contributed by atoms with E-state index < -0.39 is 35.0 Å². The van der Waals surface area contributed by atoms with Gasteiger partial charge in [0, 0.05) is 29.9 Å². The molecule has 0 atom stereocenters. The summed E-state index contributed by atoms with van der Waals surface area (Å²) in [5.74, 6) is 0.376. The molecule has 190 valence electrons. The average Bonchev–Trinajstić information content (AvgIpc) is 2.84. The van der Waals surface area contributed by atoms with Crippen molar-refractivity contribution in [2.75, 3.05) is 23.3 Å². The first-order valence-corrected chi connectivity index (χ1v) is 11.2. The zero-order valence-electron chi connectivity index (χ0n) is 19.1. The fourth-order valence-electron chi connectivity index (χ4n) is 3.90. The van der Waals surface area contributed by atoms with Crippen LogP contribution in [0.2, 0.25) is 0 Å². The highest BCUT2D eigenvalue weighted by Gasteiger charge is 2.37. The molecule has 0 aliphatic carbocycles. The van der Waals surface area contributed by atoms with E-state index in [1.54, 1.807) is 12.1 Å². The number of piperidine rings is 1. The van der Waals surface area contributed by atoms with E-state index in [9.17, 15) is 31.1 Å². The Balaban J connectivity index is 1.48. The third-order valence-corrected chi connectivity index (χ3v) is 6.05. The predicted molar refractivity (Wildman–Crippen MR) is 122 cm³/mol. The number of halogens is 6.